The fourth-order valence-electron chi connectivity index (χ4n) is 2.61. The maximum Gasteiger partial charge on any atom is 0.257 e. The van der Waals surface area contributed by atoms with Crippen LogP contribution in [0.5, 0.6) is 0 Å². The molecular formula is C18H18ClN3O2S. The van der Waals surface area contributed by atoms with Gasteiger partial charge < -0.3 is 15.0 Å². The van der Waals surface area contributed by atoms with Crippen molar-refractivity contribution in [2.75, 3.05) is 36.5 Å². The summed E-state index contributed by atoms with van der Waals surface area (Å²) in [5.41, 5.74) is 2.28. The van der Waals surface area contributed by atoms with Crippen molar-refractivity contribution < 1.29 is 9.53 Å². The van der Waals surface area contributed by atoms with Crippen LogP contribution >= 0.6 is 23.8 Å². The van der Waals surface area contributed by atoms with E-state index in [2.05, 4.69) is 15.5 Å². The van der Waals surface area contributed by atoms with E-state index < -0.39 is 0 Å². The average molecular weight is 376 g/mol. The Balaban J connectivity index is 1.72. The molecule has 1 heterocycles. The van der Waals surface area contributed by atoms with Crippen LogP contribution in [-0.4, -0.2) is 37.3 Å². The number of carbonyl (C=O) groups excluding carboxylic acids is 1. The lowest BCUT2D eigenvalue weighted by molar-refractivity contribution is 0.0977. The summed E-state index contributed by atoms with van der Waals surface area (Å²) in [5.74, 6) is -0.256. The molecule has 0 spiro atoms. The number of benzene rings is 2. The normalized spacial score (nSPS) is 14.0. The fraction of sp³-hybridized carbons (Fsp3) is 0.222. The molecule has 0 radical (unpaired) electrons. The molecule has 0 bridgehead atoms. The van der Waals surface area contributed by atoms with Crippen molar-refractivity contribution >= 4 is 46.2 Å². The number of rotatable bonds is 3. The molecule has 1 fully saturated rings. The standard InChI is InChI=1S/C18H18ClN3O2S/c19-14-6-7-16(22-8-10-24-11-9-22)15(12-14)20-18(25)21-17(23)13-4-2-1-3-5-13/h1-7,12H,8-11H2,(H2,20,21,23,25). The van der Waals surface area contributed by atoms with Gasteiger partial charge >= 0.3 is 0 Å². The lowest BCUT2D eigenvalue weighted by Crippen LogP contribution is -2.38. The predicted molar refractivity (Wildman–Crippen MR) is 105 cm³/mol. The zero-order chi connectivity index (χ0) is 17.6. The van der Waals surface area contributed by atoms with Gasteiger partial charge in [-0.15, -0.1) is 0 Å². The molecule has 25 heavy (non-hydrogen) atoms. The van der Waals surface area contributed by atoms with Gasteiger partial charge in [-0.3, -0.25) is 10.1 Å². The molecule has 1 saturated heterocycles. The van der Waals surface area contributed by atoms with E-state index in [1.165, 1.54) is 0 Å². The molecule has 0 saturated carbocycles. The van der Waals surface area contributed by atoms with E-state index in [4.69, 9.17) is 28.6 Å². The Kier molecular flexibility index (Phi) is 5.86. The first-order chi connectivity index (χ1) is 12.1. The van der Waals surface area contributed by atoms with Gasteiger partial charge in [0.05, 0.1) is 24.6 Å². The number of halogens is 1. The Morgan fingerprint density at radius 1 is 1.12 bits per heavy atom. The molecule has 7 heteroatoms. The van der Waals surface area contributed by atoms with Crippen molar-refractivity contribution in [3.63, 3.8) is 0 Å². The van der Waals surface area contributed by atoms with Crippen LogP contribution in [0, 0.1) is 0 Å². The van der Waals surface area contributed by atoms with Gasteiger partial charge in [-0.1, -0.05) is 29.8 Å². The average Bonchev–Trinajstić information content (AvgIpc) is 2.63. The van der Waals surface area contributed by atoms with Gasteiger partial charge in [-0.05, 0) is 42.5 Å². The summed E-state index contributed by atoms with van der Waals surface area (Å²) in [4.78, 5) is 14.4. The highest BCUT2D eigenvalue weighted by Crippen LogP contribution is 2.29. The summed E-state index contributed by atoms with van der Waals surface area (Å²) in [7, 11) is 0. The van der Waals surface area contributed by atoms with Crippen LogP contribution in [-0.2, 0) is 4.74 Å². The number of morpholine rings is 1. The van der Waals surface area contributed by atoms with Crippen molar-refractivity contribution in [3.05, 3.63) is 59.1 Å². The van der Waals surface area contributed by atoms with Crippen LogP contribution in [0.15, 0.2) is 48.5 Å². The third-order valence-corrected chi connectivity index (χ3v) is 4.26. The molecule has 3 rings (SSSR count). The molecule has 0 unspecified atom stereocenters. The summed E-state index contributed by atoms with van der Waals surface area (Å²) in [6.07, 6.45) is 0. The van der Waals surface area contributed by atoms with E-state index in [0.717, 1.165) is 24.5 Å². The zero-order valence-electron chi connectivity index (χ0n) is 13.5. The topological polar surface area (TPSA) is 53.6 Å². The molecule has 0 atom stereocenters. The molecule has 1 amide bonds. The molecule has 130 valence electrons. The van der Waals surface area contributed by atoms with Crippen molar-refractivity contribution in [1.29, 1.82) is 0 Å². The largest absolute Gasteiger partial charge is 0.378 e. The number of amides is 1. The summed E-state index contributed by atoms with van der Waals surface area (Å²) in [6, 6.07) is 14.5. The SMILES string of the molecule is O=C(NC(=S)Nc1cc(Cl)ccc1N1CCOCC1)c1ccccc1. The maximum atomic E-state index is 12.2. The zero-order valence-corrected chi connectivity index (χ0v) is 15.1. The van der Waals surface area contributed by atoms with Crippen molar-refractivity contribution in [2.45, 2.75) is 0 Å². The van der Waals surface area contributed by atoms with Gasteiger partial charge in [-0.25, -0.2) is 0 Å². The number of ether oxygens (including phenoxy) is 1. The molecule has 0 aliphatic carbocycles. The van der Waals surface area contributed by atoms with E-state index in [9.17, 15) is 4.79 Å². The lowest BCUT2D eigenvalue weighted by atomic mass is 10.2. The van der Waals surface area contributed by atoms with Crippen LogP contribution in [0.25, 0.3) is 0 Å². The lowest BCUT2D eigenvalue weighted by Gasteiger charge is -2.30. The second kappa shape index (κ2) is 8.29. The molecule has 1 aliphatic rings. The number of carbonyl (C=O) groups is 1. The first kappa shape index (κ1) is 17.7. The number of nitrogens with zero attached hydrogens (tertiary/aromatic N) is 1. The molecule has 1 aliphatic heterocycles. The van der Waals surface area contributed by atoms with E-state index in [1.807, 2.05) is 18.2 Å². The van der Waals surface area contributed by atoms with Crippen LogP contribution in [0.2, 0.25) is 5.02 Å². The monoisotopic (exact) mass is 375 g/mol. The van der Waals surface area contributed by atoms with E-state index in [-0.39, 0.29) is 11.0 Å². The van der Waals surface area contributed by atoms with Gasteiger partial charge in [0.25, 0.3) is 5.91 Å². The van der Waals surface area contributed by atoms with Crippen molar-refractivity contribution in [2.24, 2.45) is 0 Å². The quantitative estimate of drug-likeness (QED) is 0.806. The Labute approximate surface area is 156 Å². The van der Waals surface area contributed by atoms with Crippen LogP contribution in [0.1, 0.15) is 10.4 Å². The second-order valence-corrected chi connectivity index (χ2v) is 6.38. The van der Waals surface area contributed by atoms with Crippen LogP contribution in [0.3, 0.4) is 0 Å². The van der Waals surface area contributed by atoms with Crippen molar-refractivity contribution in [1.82, 2.24) is 5.32 Å². The minimum absolute atomic E-state index is 0.227. The fourth-order valence-corrected chi connectivity index (χ4v) is 2.98. The molecule has 2 N–H and O–H groups in total. The third kappa shape index (κ3) is 4.69. The third-order valence-electron chi connectivity index (χ3n) is 3.82. The molecule has 5 nitrogen and oxygen atoms in total. The highest BCUT2D eigenvalue weighted by Gasteiger charge is 2.16. The van der Waals surface area contributed by atoms with Gasteiger partial charge in [0.2, 0.25) is 0 Å². The van der Waals surface area contributed by atoms with E-state index >= 15 is 0 Å². The molecule has 2 aromatic rings. The Hall–Kier alpha value is -2.15. The number of hydrogen-bond acceptors (Lipinski definition) is 4. The number of hydrogen-bond donors (Lipinski definition) is 2. The van der Waals surface area contributed by atoms with E-state index in [0.29, 0.717) is 23.8 Å². The Morgan fingerprint density at radius 3 is 2.56 bits per heavy atom. The van der Waals surface area contributed by atoms with Gasteiger partial charge in [-0.2, -0.15) is 0 Å². The first-order valence-corrected chi connectivity index (χ1v) is 8.72. The molecule has 2 aromatic carbocycles. The Bertz CT molecular complexity index is 764. The highest BCUT2D eigenvalue weighted by atomic mass is 35.5. The predicted octanol–water partition coefficient (Wildman–Crippen LogP) is 3.30. The van der Waals surface area contributed by atoms with E-state index in [1.54, 1.807) is 30.3 Å². The Morgan fingerprint density at radius 2 is 1.84 bits per heavy atom. The minimum Gasteiger partial charge on any atom is -0.378 e. The summed E-state index contributed by atoms with van der Waals surface area (Å²) >= 11 is 11.4. The molecule has 0 aromatic heterocycles. The maximum absolute atomic E-state index is 12.2. The van der Waals surface area contributed by atoms with Gasteiger partial charge in [0.1, 0.15) is 0 Å². The number of nitrogens with one attached hydrogen (secondary N) is 2. The number of anilines is 2. The summed E-state index contributed by atoms with van der Waals surface area (Å²) in [5, 5.41) is 6.59. The van der Waals surface area contributed by atoms with Gasteiger partial charge in [0, 0.05) is 23.7 Å². The van der Waals surface area contributed by atoms with Gasteiger partial charge in [0.15, 0.2) is 5.11 Å². The number of thiocarbonyl (C=S) groups is 1. The first-order valence-electron chi connectivity index (χ1n) is 7.93. The smallest absolute Gasteiger partial charge is 0.257 e. The molecular weight excluding hydrogens is 358 g/mol. The van der Waals surface area contributed by atoms with Crippen LogP contribution < -0.4 is 15.5 Å². The summed E-state index contributed by atoms with van der Waals surface area (Å²) < 4.78 is 5.40. The minimum atomic E-state index is -0.256. The van der Waals surface area contributed by atoms with Crippen LogP contribution in [0.4, 0.5) is 11.4 Å². The second-order valence-electron chi connectivity index (χ2n) is 5.54. The summed E-state index contributed by atoms with van der Waals surface area (Å²) in [6.45, 7) is 2.94. The highest BCUT2D eigenvalue weighted by molar-refractivity contribution is 7.80. The van der Waals surface area contributed by atoms with Crippen molar-refractivity contribution in [3.8, 4) is 0 Å².